The van der Waals surface area contributed by atoms with Gasteiger partial charge in [0.2, 0.25) is 0 Å². The zero-order valence-electron chi connectivity index (χ0n) is 33.5. The fraction of sp³-hybridized carbons (Fsp3) is 0.881. The number of rotatable bonds is 41. The predicted molar refractivity (Wildman–Crippen MR) is 214 cm³/mol. The molecule has 0 saturated heterocycles. The molecule has 3 atom stereocenters. The highest BCUT2D eigenvalue weighted by Crippen LogP contribution is 2.43. The van der Waals surface area contributed by atoms with E-state index in [0.717, 1.165) is 44.9 Å². The molecule has 0 aliphatic rings. The molecular weight excluding hydrogens is 679 g/mol. The van der Waals surface area contributed by atoms with Crippen molar-refractivity contribution in [1.29, 1.82) is 0 Å². The van der Waals surface area contributed by atoms with E-state index in [-0.39, 0.29) is 25.6 Å². The number of carbonyl (C=O) groups excluding carboxylic acids is 1. The highest BCUT2D eigenvalue weighted by atomic mass is 31.2. The van der Waals surface area contributed by atoms with Crippen LogP contribution < -0.4 is 0 Å². The highest BCUT2D eigenvalue weighted by Gasteiger charge is 2.26. The number of allylic oxidation sites excluding steroid dienone is 4. The molecule has 0 aromatic heterocycles. The minimum atomic E-state index is -4.51. The second-order valence-corrected chi connectivity index (χ2v) is 15.8. The molecule has 0 rings (SSSR count). The largest absolute Gasteiger partial charge is 0.472 e. The van der Waals surface area contributed by atoms with Crippen molar-refractivity contribution in [3.8, 4) is 0 Å². The molecule has 10 heteroatoms. The Labute approximate surface area is 319 Å². The number of hydrogen-bond acceptors (Lipinski definition) is 8. The number of carbonyl (C=O) groups is 1. The van der Waals surface area contributed by atoms with E-state index in [9.17, 15) is 19.4 Å². The monoisotopic (exact) mass is 761 g/mol. The quantitative estimate of drug-likeness (QED) is 0.0241. The van der Waals surface area contributed by atoms with Crippen LogP contribution in [-0.4, -0.2) is 66.3 Å². The molecule has 0 aliphatic heterocycles. The summed E-state index contributed by atoms with van der Waals surface area (Å²) in [6.45, 7) is 3.48. The molecule has 0 spiro atoms. The van der Waals surface area contributed by atoms with Gasteiger partial charge in [0.05, 0.1) is 26.4 Å². The van der Waals surface area contributed by atoms with Crippen LogP contribution in [0, 0.1) is 0 Å². The Morgan fingerprint density at radius 3 is 1.50 bits per heavy atom. The predicted octanol–water partition coefficient (Wildman–Crippen LogP) is 11.5. The number of phosphoric ester groups is 1. The molecule has 9 nitrogen and oxygen atoms in total. The lowest BCUT2D eigenvalue weighted by atomic mass is 10.1. The lowest BCUT2D eigenvalue weighted by Crippen LogP contribution is -2.29. The van der Waals surface area contributed by atoms with Crippen molar-refractivity contribution in [2.75, 3.05) is 33.0 Å². The van der Waals surface area contributed by atoms with Gasteiger partial charge >= 0.3 is 13.8 Å². The molecule has 0 amide bonds. The van der Waals surface area contributed by atoms with Crippen LogP contribution in [0.1, 0.15) is 194 Å². The van der Waals surface area contributed by atoms with Gasteiger partial charge < -0.3 is 24.6 Å². The second-order valence-electron chi connectivity index (χ2n) is 14.4. The maximum absolute atomic E-state index is 12.6. The molecule has 0 aromatic carbocycles. The van der Waals surface area contributed by atoms with E-state index in [1.165, 1.54) is 128 Å². The molecule has 3 unspecified atom stereocenters. The summed E-state index contributed by atoms with van der Waals surface area (Å²) in [7, 11) is -4.51. The molecule has 0 bridgehead atoms. The third kappa shape index (κ3) is 38.7. The van der Waals surface area contributed by atoms with Gasteiger partial charge in [0.15, 0.2) is 0 Å². The van der Waals surface area contributed by atoms with Gasteiger partial charge in [-0.15, -0.1) is 0 Å². The standard InChI is InChI=1S/C42H81O9P/c1-3-5-7-9-11-13-15-17-18-19-20-21-22-23-24-26-28-30-32-34-42(45)51-41(39-50-52(46,47)49-37-40(44)36-43)38-48-35-33-31-29-27-25-16-14-12-10-8-6-4-2/h10,12,17-18,40-41,43-44H,3-9,11,13-16,19-39H2,1-2H3,(H,46,47)/b12-10-,18-17-. The summed E-state index contributed by atoms with van der Waals surface area (Å²) in [5.41, 5.74) is 0. The van der Waals surface area contributed by atoms with Crippen LogP contribution in [0.25, 0.3) is 0 Å². The van der Waals surface area contributed by atoms with Crippen molar-refractivity contribution < 1.29 is 43.0 Å². The number of phosphoric acid groups is 1. The van der Waals surface area contributed by atoms with Gasteiger partial charge in [-0.1, -0.05) is 154 Å². The zero-order valence-corrected chi connectivity index (χ0v) is 34.4. The Morgan fingerprint density at radius 2 is 1.00 bits per heavy atom. The highest BCUT2D eigenvalue weighted by molar-refractivity contribution is 7.47. The van der Waals surface area contributed by atoms with Crippen LogP contribution >= 0.6 is 7.82 Å². The summed E-state index contributed by atoms with van der Waals surface area (Å²) in [5, 5.41) is 18.3. The van der Waals surface area contributed by atoms with E-state index in [2.05, 4.69) is 38.2 Å². The first kappa shape index (κ1) is 50.9. The third-order valence-electron chi connectivity index (χ3n) is 9.11. The van der Waals surface area contributed by atoms with Crippen molar-refractivity contribution in [2.45, 2.75) is 206 Å². The van der Waals surface area contributed by atoms with E-state index in [0.29, 0.717) is 6.61 Å². The van der Waals surface area contributed by atoms with Gasteiger partial charge in [-0.05, 0) is 57.8 Å². The average Bonchev–Trinajstić information content (AvgIpc) is 3.13. The Balaban J connectivity index is 4.14. The first-order valence-electron chi connectivity index (χ1n) is 21.3. The number of aliphatic hydroxyl groups is 2. The number of esters is 1. The van der Waals surface area contributed by atoms with E-state index < -0.39 is 33.2 Å². The molecule has 308 valence electrons. The molecule has 0 saturated carbocycles. The maximum atomic E-state index is 12.6. The van der Waals surface area contributed by atoms with Crippen LogP contribution in [0.2, 0.25) is 0 Å². The summed E-state index contributed by atoms with van der Waals surface area (Å²) in [4.78, 5) is 22.5. The summed E-state index contributed by atoms with van der Waals surface area (Å²) >= 11 is 0. The molecule has 0 aliphatic carbocycles. The lowest BCUT2D eigenvalue weighted by molar-refractivity contribution is -0.154. The van der Waals surface area contributed by atoms with E-state index in [4.69, 9.17) is 23.6 Å². The Kier molecular flexibility index (Phi) is 38.8. The smallest absolute Gasteiger partial charge is 0.457 e. The lowest BCUT2D eigenvalue weighted by Gasteiger charge is -2.20. The van der Waals surface area contributed by atoms with Crippen molar-refractivity contribution in [1.82, 2.24) is 0 Å². The average molecular weight is 761 g/mol. The summed E-state index contributed by atoms with van der Waals surface area (Å²) in [5.74, 6) is -0.386. The molecule has 3 N–H and O–H groups in total. The van der Waals surface area contributed by atoms with Crippen molar-refractivity contribution in [3.05, 3.63) is 24.3 Å². The summed E-state index contributed by atoms with van der Waals surface area (Å²) in [6.07, 6.45) is 39.9. The van der Waals surface area contributed by atoms with Crippen LogP contribution in [0.4, 0.5) is 0 Å². The molecule has 52 heavy (non-hydrogen) atoms. The third-order valence-corrected chi connectivity index (χ3v) is 10.1. The van der Waals surface area contributed by atoms with E-state index in [1.54, 1.807) is 0 Å². The van der Waals surface area contributed by atoms with Crippen molar-refractivity contribution in [2.24, 2.45) is 0 Å². The molecule has 0 aromatic rings. The topological polar surface area (TPSA) is 132 Å². The molecular formula is C42H81O9P. The number of hydrogen-bond donors (Lipinski definition) is 3. The van der Waals surface area contributed by atoms with E-state index in [1.807, 2.05) is 0 Å². The fourth-order valence-corrected chi connectivity index (χ4v) is 6.59. The SMILES string of the molecule is CCCC/C=C\CCCCCCCCOCC(COP(=O)(O)OCC(O)CO)OC(=O)CCCCCCCCCCC/C=C\CCCCCCCC. The fourth-order valence-electron chi connectivity index (χ4n) is 5.80. The molecule has 0 radical (unpaired) electrons. The zero-order chi connectivity index (χ0) is 38.2. The number of aliphatic hydroxyl groups excluding tert-OH is 2. The molecule has 0 heterocycles. The second kappa shape index (κ2) is 39.6. The first-order valence-corrected chi connectivity index (χ1v) is 22.8. The number of unbranched alkanes of at least 4 members (excludes halogenated alkanes) is 23. The molecule has 0 fully saturated rings. The maximum Gasteiger partial charge on any atom is 0.472 e. The van der Waals surface area contributed by atoms with Gasteiger partial charge in [-0.25, -0.2) is 4.57 Å². The Morgan fingerprint density at radius 1 is 0.577 bits per heavy atom. The van der Waals surface area contributed by atoms with Gasteiger partial charge in [0.25, 0.3) is 0 Å². The van der Waals surface area contributed by atoms with Gasteiger partial charge in [0, 0.05) is 13.0 Å². The van der Waals surface area contributed by atoms with Gasteiger partial charge in [0.1, 0.15) is 12.2 Å². The van der Waals surface area contributed by atoms with Crippen LogP contribution in [0.5, 0.6) is 0 Å². The van der Waals surface area contributed by atoms with Crippen LogP contribution in [0.3, 0.4) is 0 Å². The summed E-state index contributed by atoms with van der Waals surface area (Å²) < 4.78 is 33.3. The summed E-state index contributed by atoms with van der Waals surface area (Å²) in [6, 6.07) is 0. The Hall–Kier alpha value is -1.06. The minimum absolute atomic E-state index is 0.0465. The van der Waals surface area contributed by atoms with Gasteiger partial charge in [-0.2, -0.15) is 0 Å². The van der Waals surface area contributed by atoms with Gasteiger partial charge in [-0.3, -0.25) is 13.8 Å². The van der Waals surface area contributed by atoms with Crippen molar-refractivity contribution in [3.63, 3.8) is 0 Å². The van der Waals surface area contributed by atoms with Crippen LogP contribution in [0.15, 0.2) is 24.3 Å². The Bertz CT molecular complexity index is 866. The van der Waals surface area contributed by atoms with Crippen LogP contribution in [-0.2, 0) is 27.9 Å². The normalized spacial score (nSPS) is 14.3. The first-order chi connectivity index (χ1) is 25.3. The van der Waals surface area contributed by atoms with Crippen molar-refractivity contribution >= 4 is 13.8 Å². The van der Waals surface area contributed by atoms with E-state index >= 15 is 0 Å². The number of ether oxygens (including phenoxy) is 2. The minimum Gasteiger partial charge on any atom is -0.457 e.